The molecule has 0 amide bonds. The molecular formula is C16H16N2O3S. The van der Waals surface area contributed by atoms with Crippen molar-refractivity contribution in [2.75, 3.05) is 6.61 Å². The van der Waals surface area contributed by atoms with Crippen LogP contribution in [0.25, 0.3) is 10.2 Å². The highest BCUT2D eigenvalue weighted by atomic mass is 32.1. The number of hydrogen-bond acceptors (Lipinski definition) is 4. The van der Waals surface area contributed by atoms with Gasteiger partial charge in [-0.25, -0.2) is 4.79 Å². The van der Waals surface area contributed by atoms with E-state index in [0.29, 0.717) is 29.9 Å². The molecule has 0 saturated heterocycles. The molecule has 0 radical (unpaired) electrons. The topological polar surface area (TPSA) is 53.2 Å². The van der Waals surface area contributed by atoms with Gasteiger partial charge in [0.25, 0.3) is 5.56 Å². The zero-order valence-corrected chi connectivity index (χ0v) is 13.0. The third-order valence-corrected chi connectivity index (χ3v) is 4.37. The van der Waals surface area contributed by atoms with Crippen molar-refractivity contribution in [3.8, 4) is 5.75 Å². The van der Waals surface area contributed by atoms with Crippen LogP contribution in [-0.4, -0.2) is 15.7 Å². The lowest BCUT2D eigenvalue weighted by Crippen LogP contribution is -2.39. The maximum absolute atomic E-state index is 12.5. The predicted molar refractivity (Wildman–Crippen MR) is 88.0 cm³/mol. The first-order valence-corrected chi connectivity index (χ1v) is 7.99. The van der Waals surface area contributed by atoms with E-state index in [9.17, 15) is 9.59 Å². The molecule has 3 aromatic rings. The highest BCUT2D eigenvalue weighted by molar-refractivity contribution is 7.17. The molecule has 0 unspecified atom stereocenters. The van der Waals surface area contributed by atoms with Crippen LogP contribution in [0.4, 0.5) is 0 Å². The second-order valence-corrected chi connectivity index (χ2v) is 5.70. The molecule has 0 bridgehead atoms. The van der Waals surface area contributed by atoms with Gasteiger partial charge in [0.15, 0.2) is 0 Å². The molecule has 2 heterocycles. The fraction of sp³-hybridized carbons (Fsp3) is 0.250. The van der Waals surface area contributed by atoms with Gasteiger partial charge in [0.1, 0.15) is 17.1 Å². The maximum Gasteiger partial charge on any atom is 0.331 e. The number of hydrogen-bond donors (Lipinski definition) is 0. The molecule has 22 heavy (non-hydrogen) atoms. The van der Waals surface area contributed by atoms with Crippen LogP contribution in [0.3, 0.4) is 0 Å². The summed E-state index contributed by atoms with van der Waals surface area (Å²) >= 11 is 1.36. The lowest BCUT2D eigenvalue weighted by molar-refractivity contribution is 0.296. The minimum Gasteiger partial charge on any atom is -0.492 e. The lowest BCUT2D eigenvalue weighted by atomic mass is 10.3. The monoisotopic (exact) mass is 316 g/mol. The molecular weight excluding hydrogens is 300 g/mol. The number of rotatable bonds is 5. The summed E-state index contributed by atoms with van der Waals surface area (Å²) in [6, 6.07) is 11.3. The Hall–Kier alpha value is -2.34. The fourth-order valence-corrected chi connectivity index (χ4v) is 3.24. The summed E-state index contributed by atoms with van der Waals surface area (Å²) in [5.41, 5.74) is 0.189. The van der Waals surface area contributed by atoms with Crippen molar-refractivity contribution in [1.29, 1.82) is 0 Å². The van der Waals surface area contributed by atoms with E-state index in [1.54, 1.807) is 11.5 Å². The molecule has 114 valence electrons. The number of benzene rings is 1. The Kier molecular flexibility index (Phi) is 4.11. The number of nitrogens with zero attached hydrogens (tertiary/aromatic N) is 2. The molecule has 0 aliphatic heterocycles. The Balaban J connectivity index is 1.92. The van der Waals surface area contributed by atoms with Gasteiger partial charge in [0.2, 0.25) is 0 Å². The molecule has 0 aliphatic carbocycles. The van der Waals surface area contributed by atoms with Crippen molar-refractivity contribution in [2.24, 2.45) is 0 Å². The molecule has 0 spiro atoms. The van der Waals surface area contributed by atoms with Crippen molar-refractivity contribution in [3.05, 3.63) is 62.6 Å². The summed E-state index contributed by atoms with van der Waals surface area (Å²) in [6.45, 7) is 2.94. The van der Waals surface area contributed by atoms with E-state index in [0.717, 1.165) is 5.75 Å². The second-order valence-electron chi connectivity index (χ2n) is 4.78. The molecule has 3 rings (SSSR count). The van der Waals surface area contributed by atoms with E-state index in [2.05, 4.69) is 0 Å². The zero-order chi connectivity index (χ0) is 15.5. The van der Waals surface area contributed by atoms with Crippen molar-refractivity contribution in [2.45, 2.75) is 20.0 Å². The number of ether oxygens (including phenoxy) is 1. The Labute approximate surface area is 131 Å². The predicted octanol–water partition coefficient (Wildman–Crippen LogP) is 2.32. The first kappa shape index (κ1) is 14.6. The van der Waals surface area contributed by atoms with Gasteiger partial charge < -0.3 is 4.74 Å². The Morgan fingerprint density at radius 3 is 2.59 bits per heavy atom. The van der Waals surface area contributed by atoms with Crippen molar-refractivity contribution < 1.29 is 4.74 Å². The minimum atomic E-state index is -0.282. The van der Waals surface area contributed by atoms with Gasteiger partial charge in [0, 0.05) is 6.54 Å². The number of fused-ring (bicyclic) bond motifs is 1. The number of para-hydroxylation sites is 1. The zero-order valence-electron chi connectivity index (χ0n) is 12.2. The van der Waals surface area contributed by atoms with Crippen LogP contribution in [0.2, 0.25) is 0 Å². The first-order valence-electron chi connectivity index (χ1n) is 7.11. The second kappa shape index (κ2) is 6.19. The average molecular weight is 316 g/mol. The summed E-state index contributed by atoms with van der Waals surface area (Å²) in [5.74, 6) is 0.765. The molecule has 2 aromatic heterocycles. The third-order valence-electron chi connectivity index (χ3n) is 3.48. The highest BCUT2D eigenvalue weighted by Gasteiger charge is 2.12. The molecule has 6 heteroatoms. The summed E-state index contributed by atoms with van der Waals surface area (Å²) in [7, 11) is 0. The largest absolute Gasteiger partial charge is 0.492 e. The van der Waals surface area contributed by atoms with Gasteiger partial charge in [0.05, 0.1) is 12.1 Å². The minimum absolute atomic E-state index is 0.210. The highest BCUT2D eigenvalue weighted by Crippen LogP contribution is 2.15. The van der Waals surface area contributed by atoms with Crippen LogP contribution in [0.1, 0.15) is 6.92 Å². The van der Waals surface area contributed by atoms with E-state index in [1.165, 1.54) is 15.9 Å². The van der Waals surface area contributed by atoms with E-state index in [-0.39, 0.29) is 11.2 Å². The van der Waals surface area contributed by atoms with Crippen LogP contribution in [0, 0.1) is 0 Å². The summed E-state index contributed by atoms with van der Waals surface area (Å²) in [4.78, 5) is 24.7. The molecule has 1 aromatic carbocycles. The van der Waals surface area contributed by atoms with Gasteiger partial charge in [-0.2, -0.15) is 0 Å². The van der Waals surface area contributed by atoms with E-state index >= 15 is 0 Å². The fourth-order valence-electron chi connectivity index (χ4n) is 2.40. The standard InChI is InChI=1S/C16H16N2O3S/c1-2-17-15(19)14-13(8-11-22-14)18(16(17)20)9-10-21-12-6-4-3-5-7-12/h3-8,11H,2,9-10H2,1H3. The van der Waals surface area contributed by atoms with Crippen molar-refractivity contribution in [1.82, 2.24) is 9.13 Å². The van der Waals surface area contributed by atoms with Gasteiger partial charge in [-0.3, -0.25) is 13.9 Å². The summed E-state index contributed by atoms with van der Waals surface area (Å²) in [5, 5.41) is 1.83. The van der Waals surface area contributed by atoms with Gasteiger partial charge in [-0.05, 0) is 30.5 Å². The summed E-state index contributed by atoms with van der Waals surface area (Å²) in [6.07, 6.45) is 0. The maximum atomic E-state index is 12.5. The van der Waals surface area contributed by atoms with Crippen LogP contribution in [-0.2, 0) is 13.1 Å². The van der Waals surface area contributed by atoms with Crippen molar-refractivity contribution >= 4 is 21.6 Å². The van der Waals surface area contributed by atoms with Crippen LogP contribution in [0.5, 0.6) is 5.75 Å². The quantitative estimate of drug-likeness (QED) is 0.726. The third kappa shape index (κ3) is 2.57. The SMILES string of the molecule is CCn1c(=O)c2sccc2n(CCOc2ccccc2)c1=O. The Morgan fingerprint density at radius 1 is 1.09 bits per heavy atom. The Bertz CT molecular complexity index is 893. The lowest BCUT2D eigenvalue weighted by Gasteiger charge is -2.11. The first-order chi connectivity index (χ1) is 10.7. The van der Waals surface area contributed by atoms with Crippen molar-refractivity contribution in [3.63, 3.8) is 0 Å². The molecule has 0 saturated carbocycles. The summed E-state index contributed by atoms with van der Waals surface area (Å²) < 4.78 is 9.14. The molecule has 0 atom stereocenters. The van der Waals surface area contributed by atoms with Crippen LogP contribution < -0.4 is 16.0 Å². The van der Waals surface area contributed by atoms with Gasteiger partial charge in [-0.1, -0.05) is 18.2 Å². The van der Waals surface area contributed by atoms with E-state index < -0.39 is 0 Å². The van der Waals surface area contributed by atoms with Gasteiger partial charge >= 0.3 is 5.69 Å². The smallest absolute Gasteiger partial charge is 0.331 e. The average Bonchev–Trinajstić information content (AvgIpc) is 3.02. The van der Waals surface area contributed by atoms with Crippen LogP contribution >= 0.6 is 11.3 Å². The van der Waals surface area contributed by atoms with E-state index in [1.807, 2.05) is 41.8 Å². The molecule has 5 nitrogen and oxygen atoms in total. The van der Waals surface area contributed by atoms with E-state index in [4.69, 9.17) is 4.74 Å². The molecule has 0 aliphatic rings. The van der Waals surface area contributed by atoms with Gasteiger partial charge in [-0.15, -0.1) is 11.3 Å². The number of aromatic nitrogens is 2. The van der Waals surface area contributed by atoms with Crippen LogP contribution in [0.15, 0.2) is 51.4 Å². The number of thiophene rings is 1. The normalized spacial score (nSPS) is 11.0. The molecule has 0 N–H and O–H groups in total. The molecule has 0 fully saturated rings. The Morgan fingerprint density at radius 2 is 1.86 bits per heavy atom.